The number of hydrogen-bond donors (Lipinski definition) is 1. The first-order chi connectivity index (χ1) is 16.5. The summed E-state index contributed by atoms with van der Waals surface area (Å²) < 4.78 is 18.2. The first-order valence-corrected chi connectivity index (χ1v) is 11.9. The Labute approximate surface area is 203 Å². The van der Waals surface area contributed by atoms with E-state index in [1.807, 2.05) is 36.6 Å². The summed E-state index contributed by atoms with van der Waals surface area (Å²) in [5.41, 5.74) is 2.63. The lowest BCUT2D eigenvalue weighted by Gasteiger charge is -2.28. The number of rotatable bonds is 8. The molecule has 1 aliphatic rings. The number of anilines is 2. The number of hydrogen-bond acceptors (Lipinski definition) is 8. The number of benzene rings is 2. The van der Waals surface area contributed by atoms with Crippen molar-refractivity contribution < 1.29 is 19.0 Å². The zero-order chi connectivity index (χ0) is 24.1. The van der Waals surface area contributed by atoms with Crippen LogP contribution in [0.5, 0.6) is 11.5 Å². The van der Waals surface area contributed by atoms with Crippen LogP contribution in [0.2, 0.25) is 0 Å². The number of nitrogens with one attached hydrogen (secondary N) is 1. The molecule has 1 amide bonds. The molecule has 0 saturated carbocycles. The van der Waals surface area contributed by atoms with Gasteiger partial charge in [0.05, 0.1) is 44.1 Å². The van der Waals surface area contributed by atoms with Crippen molar-refractivity contribution in [2.45, 2.75) is 24.3 Å². The fraction of sp³-hybridized carbons (Fsp3) is 0.375. The molecule has 1 saturated heterocycles. The van der Waals surface area contributed by atoms with Crippen molar-refractivity contribution in [2.75, 3.05) is 50.7 Å². The van der Waals surface area contributed by atoms with Gasteiger partial charge in [0.2, 0.25) is 11.9 Å². The molecule has 2 heterocycles. The Kier molecular flexibility index (Phi) is 7.59. The third-order valence-electron chi connectivity index (χ3n) is 5.49. The summed E-state index contributed by atoms with van der Waals surface area (Å²) in [5, 5.41) is 12.1. The monoisotopic (exact) mass is 483 g/mol. The van der Waals surface area contributed by atoms with Gasteiger partial charge < -0.3 is 24.4 Å². The maximum atomic E-state index is 13.1. The summed E-state index contributed by atoms with van der Waals surface area (Å²) >= 11 is 1.35. The van der Waals surface area contributed by atoms with E-state index >= 15 is 0 Å². The van der Waals surface area contributed by atoms with Gasteiger partial charge in [-0.25, -0.2) is 0 Å². The maximum Gasteiger partial charge on any atom is 0.237 e. The molecule has 34 heavy (non-hydrogen) atoms. The molecule has 10 heteroatoms. The molecule has 0 spiro atoms. The Hall–Kier alpha value is -3.24. The Morgan fingerprint density at radius 3 is 2.62 bits per heavy atom. The molecule has 0 bridgehead atoms. The molecular formula is C24H29N5O4S. The summed E-state index contributed by atoms with van der Waals surface area (Å²) in [6, 6.07) is 13.4. The van der Waals surface area contributed by atoms with Gasteiger partial charge in [-0.3, -0.25) is 9.36 Å². The zero-order valence-electron chi connectivity index (χ0n) is 19.8. The van der Waals surface area contributed by atoms with Crippen molar-refractivity contribution in [3.63, 3.8) is 0 Å². The first kappa shape index (κ1) is 23.9. The van der Waals surface area contributed by atoms with Gasteiger partial charge in [-0.2, -0.15) is 0 Å². The molecule has 2 aromatic carbocycles. The standard InChI is InChI=1S/C24H29N5O4S/c1-16-6-5-7-18(14-16)29-23(28-10-12-33-13-11-28)26-27-24(29)34-17(2)22(30)25-20-15-19(31-3)8-9-21(20)32-4/h5-9,14-15,17H,10-13H2,1-4H3,(H,25,30). The van der Waals surface area contributed by atoms with E-state index in [0.29, 0.717) is 35.6 Å². The first-order valence-electron chi connectivity index (χ1n) is 11.0. The Balaban J connectivity index is 1.59. The van der Waals surface area contributed by atoms with Crippen molar-refractivity contribution in [1.29, 1.82) is 0 Å². The number of aromatic nitrogens is 3. The molecule has 180 valence electrons. The minimum absolute atomic E-state index is 0.178. The smallest absolute Gasteiger partial charge is 0.237 e. The normalized spacial score (nSPS) is 14.5. The highest BCUT2D eigenvalue weighted by Gasteiger charge is 2.25. The Morgan fingerprint density at radius 1 is 1.12 bits per heavy atom. The number of nitrogens with zero attached hydrogens (tertiary/aromatic N) is 4. The molecule has 1 aromatic heterocycles. The molecule has 9 nitrogen and oxygen atoms in total. The van der Waals surface area contributed by atoms with Crippen LogP contribution in [0.3, 0.4) is 0 Å². The van der Waals surface area contributed by atoms with E-state index in [-0.39, 0.29) is 5.91 Å². The minimum atomic E-state index is -0.443. The van der Waals surface area contributed by atoms with Crippen LogP contribution in [0.15, 0.2) is 47.6 Å². The summed E-state index contributed by atoms with van der Waals surface area (Å²) in [6.07, 6.45) is 0. The quantitative estimate of drug-likeness (QED) is 0.487. The van der Waals surface area contributed by atoms with Crippen molar-refractivity contribution in [1.82, 2.24) is 14.8 Å². The summed E-state index contributed by atoms with van der Waals surface area (Å²) in [4.78, 5) is 15.2. The number of carbonyl (C=O) groups is 1. The molecule has 1 atom stereocenters. The molecular weight excluding hydrogens is 454 g/mol. The van der Waals surface area contributed by atoms with Gasteiger partial charge in [0.1, 0.15) is 11.5 Å². The second kappa shape index (κ2) is 10.8. The minimum Gasteiger partial charge on any atom is -0.497 e. The Morgan fingerprint density at radius 2 is 1.91 bits per heavy atom. The van der Waals surface area contributed by atoms with Crippen LogP contribution in [-0.2, 0) is 9.53 Å². The van der Waals surface area contributed by atoms with Crippen LogP contribution in [0, 0.1) is 6.92 Å². The second-order valence-electron chi connectivity index (χ2n) is 7.87. The van der Waals surface area contributed by atoms with Gasteiger partial charge >= 0.3 is 0 Å². The predicted molar refractivity (Wildman–Crippen MR) is 133 cm³/mol. The number of aryl methyl sites for hydroxylation is 1. The Bertz CT molecular complexity index is 1150. The van der Waals surface area contributed by atoms with E-state index in [0.717, 1.165) is 30.3 Å². The van der Waals surface area contributed by atoms with Crippen LogP contribution in [-0.4, -0.2) is 66.4 Å². The van der Waals surface area contributed by atoms with Gasteiger partial charge in [0, 0.05) is 19.2 Å². The summed E-state index contributed by atoms with van der Waals surface area (Å²) in [6.45, 7) is 6.65. The van der Waals surface area contributed by atoms with Crippen LogP contribution in [0.4, 0.5) is 11.6 Å². The lowest BCUT2D eigenvalue weighted by atomic mass is 10.2. The van der Waals surface area contributed by atoms with Gasteiger partial charge in [-0.15, -0.1) is 10.2 Å². The third kappa shape index (κ3) is 5.28. The van der Waals surface area contributed by atoms with Crippen LogP contribution in [0.1, 0.15) is 12.5 Å². The van der Waals surface area contributed by atoms with Gasteiger partial charge in [-0.05, 0) is 43.7 Å². The molecule has 3 aromatic rings. The number of morpholine rings is 1. The highest BCUT2D eigenvalue weighted by molar-refractivity contribution is 8.00. The van der Waals surface area contributed by atoms with Gasteiger partial charge in [-0.1, -0.05) is 23.9 Å². The van der Waals surface area contributed by atoms with Crippen LogP contribution >= 0.6 is 11.8 Å². The summed E-state index contributed by atoms with van der Waals surface area (Å²) in [7, 11) is 3.14. The number of amides is 1. The molecule has 1 aliphatic heterocycles. The van der Waals surface area contributed by atoms with Crippen molar-refractivity contribution >= 4 is 29.3 Å². The summed E-state index contributed by atoms with van der Waals surface area (Å²) in [5.74, 6) is 1.76. The fourth-order valence-corrected chi connectivity index (χ4v) is 4.52. The fourth-order valence-electron chi connectivity index (χ4n) is 3.66. The molecule has 1 fully saturated rings. The van der Waals surface area contributed by atoms with E-state index in [1.54, 1.807) is 32.4 Å². The zero-order valence-corrected chi connectivity index (χ0v) is 20.6. The lowest BCUT2D eigenvalue weighted by molar-refractivity contribution is -0.115. The molecule has 1 N–H and O–H groups in total. The molecule has 0 aliphatic carbocycles. The largest absolute Gasteiger partial charge is 0.497 e. The number of thioether (sulfide) groups is 1. The number of carbonyl (C=O) groups excluding carboxylic acids is 1. The number of methoxy groups -OCH3 is 2. The maximum absolute atomic E-state index is 13.1. The average Bonchev–Trinajstić information content (AvgIpc) is 3.27. The second-order valence-corrected chi connectivity index (χ2v) is 9.18. The number of ether oxygens (including phenoxy) is 3. The van der Waals surface area contributed by atoms with Crippen molar-refractivity contribution in [2.24, 2.45) is 0 Å². The van der Waals surface area contributed by atoms with Crippen molar-refractivity contribution in [3.8, 4) is 17.2 Å². The third-order valence-corrected chi connectivity index (χ3v) is 6.53. The highest BCUT2D eigenvalue weighted by atomic mass is 32.2. The van der Waals surface area contributed by atoms with E-state index in [4.69, 9.17) is 14.2 Å². The average molecular weight is 484 g/mol. The van der Waals surface area contributed by atoms with E-state index in [1.165, 1.54) is 11.8 Å². The SMILES string of the molecule is COc1ccc(OC)c(NC(=O)C(C)Sc2nnc(N3CCOCC3)n2-c2cccc(C)c2)c1. The van der Waals surface area contributed by atoms with Gasteiger partial charge in [0.25, 0.3) is 0 Å². The molecule has 4 rings (SSSR count). The van der Waals surface area contributed by atoms with Gasteiger partial charge in [0.15, 0.2) is 5.16 Å². The molecule has 1 unspecified atom stereocenters. The lowest BCUT2D eigenvalue weighted by Crippen LogP contribution is -2.38. The van der Waals surface area contributed by atoms with E-state index in [9.17, 15) is 4.79 Å². The highest BCUT2D eigenvalue weighted by Crippen LogP contribution is 2.32. The van der Waals surface area contributed by atoms with Crippen molar-refractivity contribution in [3.05, 3.63) is 48.0 Å². The predicted octanol–water partition coefficient (Wildman–Crippen LogP) is 3.55. The topological polar surface area (TPSA) is 90.7 Å². The van der Waals surface area contributed by atoms with E-state index < -0.39 is 5.25 Å². The molecule has 0 radical (unpaired) electrons. The van der Waals surface area contributed by atoms with Crippen LogP contribution in [0.25, 0.3) is 5.69 Å². The van der Waals surface area contributed by atoms with E-state index in [2.05, 4.69) is 26.5 Å². The van der Waals surface area contributed by atoms with Crippen LogP contribution < -0.4 is 19.7 Å².